The summed E-state index contributed by atoms with van der Waals surface area (Å²) in [5.74, 6) is 0.0772. The van der Waals surface area contributed by atoms with Crippen LogP contribution in [0.2, 0.25) is 0 Å². The molecule has 1 aliphatic carbocycles. The molecule has 0 atom stereocenters. The van der Waals surface area contributed by atoms with Crippen LogP contribution in [0.15, 0.2) is 36.4 Å². The van der Waals surface area contributed by atoms with Gasteiger partial charge in [-0.15, -0.1) is 0 Å². The number of carbonyl (C=O) groups is 1. The standard InChI is InChI=1S/C26H29N5OS/c1-26(2)21-15-18(30-10-12-31(13-11-30)33-28(3)4)7-9-19(21)24(32)23-20-8-6-17(16-27)14-22(20)29(5)25(23)26/h6-9,14-15H,10-13H2,1-5H3. The fourth-order valence-corrected chi connectivity index (χ4v) is 6.22. The topological polar surface area (TPSA) is 55.5 Å². The van der Waals surface area contributed by atoms with Gasteiger partial charge in [-0.05, 0) is 50.0 Å². The van der Waals surface area contributed by atoms with Crippen molar-refractivity contribution >= 4 is 34.5 Å². The lowest BCUT2D eigenvalue weighted by Crippen LogP contribution is -2.44. The Kier molecular flexibility index (Phi) is 5.28. The van der Waals surface area contributed by atoms with Crippen molar-refractivity contribution in [2.45, 2.75) is 19.3 Å². The zero-order chi connectivity index (χ0) is 23.5. The Morgan fingerprint density at radius 3 is 2.45 bits per heavy atom. The molecule has 0 radical (unpaired) electrons. The quantitative estimate of drug-likeness (QED) is 0.548. The van der Waals surface area contributed by atoms with Crippen LogP contribution in [0.25, 0.3) is 10.9 Å². The average molecular weight is 460 g/mol. The van der Waals surface area contributed by atoms with Crippen molar-refractivity contribution in [2.24, 2.45) is 7.05 Å². The Morgan fingerprint density at radius 2 is 1.79 bits per heavy atom. The van der Waals surface area contributed by atoms with Gasteiger partial charge in [-0.3, -0.25) is 4.79 Å². The van der Waals surface area contributed by atoms with Crippen molar-refractivity contribution in [2.75, 3.05) is 45.2 Å². The second-order valence-electron chi connectivity index (χ2n) is 9.62. The summed E-state index contributed by atoms with van der Waals surface area (Å²) in [5, 5.41) is 10.3. The summed E-state index contributed by atoms with van der Waals surface area (Å²) in [6, 6.07) is 14.2. The average Bonchev–Trinajstić information content (AvgIpc) is 3.10. The third-order valence-electron chi connectivity index (χ3n) is 6.95. The molecule has 2 aromatic carbocycles. The van der Waals surface area contributed by atoms with E-state index in [1.165, 1.54) is 5.69 Å². The monoisotopic (exact) mass is 459 g/mol. The Morgan fingerprint density at radius 1 is 1.06 bits per heavy atom. The number of anilines is 1. The first-order chi connectivity index (χ1) is 15.7. The van der Waals surface area contributed by atoms with E-state index in [0.717, 1.165) is 59.5 Å². The number of benzene rings is 2. The summed E-state index contributed by atoms with van der Waals surface area (Å²) in [7, 11) is 6.15. The predicted molar refractivity (Wildman–Crippen MR) is 135 cm³/mol. The molecule has 7 heteroatoms. The number of rotatable bonds is 3. The minimum absolute atomic E-state index is 0.0772. The SMILES string of the molecule is CN(C)SN1CCN(c2ccc3c(c2)C(C)(C)c2c(c4ccc(C#N)cc4n2C)C3=O)CC1. The zero-order valence-corrected chi connectivity index (χ0v) is 20.7. The normalized spacial score (nSPS) is 17.8. The molecule has 0 bridgehead atoms. The third-order valence-corrected chi connectivity index (χ3v) is 7.88. The van der Waals surface area contributed by atoms with Gasteiger partial charge in [0.15, 0.2) is 5.78 Å². The Bertz CT molecular complexity index is 1310. The van der Waals surface area contributed by atoms with E-state index in [-0.39, 0.29) is 11.2 Å². The van der Waals surface area contributed by atoms with Crippen LogP contribution < -0.4 is 4.90 Å². The minimum Gasteiger partial charge on any atom is -0.369 e. The first-order valence-electron chi connectivity index (χ1n) is 11.3. The van der Waals surface area contributed by atoms with Crippen LogP contribution >= 0.6 is 12.1 Å². The van der Waals surface area contributed by atoms with E-state index in [2.05, 4.69) is 64.2 Å². The van der Waals surface area contributed by atoms with Gasteiger partial charge in [0.25, 0.3) is 0 Å². The second kappa shape index (κ2) is 7.91. The highest BCUT2D eigenvalue weighted by molar-refractivity contribution is 7.94. The minimum atomic E-state index is -0.336. The molecule has 0 saturated carbocycles. The lowest BCUT2D eigenvalue weighted by molar-refractivity contribution is 0.103. The summed E-state index contributed by atoms with van der Waals surface area (Å²) in [6.45, 7) is 8.33. The maximum atomic E-state index is 13.7. The second-order valence-corrected chi connectivity index (χ2v) is 11.0. The molecule has 6 nitrogen and oxygen atoms in total. The molecular weight excluding hydrogens is 430 g/mol. The van der Waals surface area contributed by atoms with E-state index in [1.807, 2.05) is 25.2 Å². The number of hydrogen-bond donors (Lipinski definition) is 0. The summed E-state index contributed by atoms with van der Waals surface area (Å²) >= 11 is 1.77. The van der Waals surface area contributed by atoms with Crippen molar-refractivity contribution in [3.63, 3.8) is 0 Å². The zero-order valence-electron chi connectivity index (χ0n) is 19.8. The number of hydrogen-bond acceptors (Lipinski definition) is 6. The fraction of sp³-hybridized carbons (Fsp3) is 0.385. The fourth-order valence-electron chi connectivity index (χ4n) is 5.43. The maximum Gasteiger partial charge on any atom is 0.195 e. The number of aryl methyl sites for hydroxylation is 1. The van der Waals surface area contributed by atoms with Gasteiger partial charge < -0.3 is 9.47 Å². The number of ketones is 1. The molecule has 0 unspecified atom stereocenters. The van der Waals surface area contributed by atoms with Crippen molar-refractivity contribution in [1.29, 1.82) is 5.26 Å². The molecule has 1 aliphatic heterocycles. The number of nitriles is 1. The van der Waals surface area contributed by atoms with Gasteiger partial charge in [0.2, 0.25) is 0 Å². The van der Waals surface area contributed by atoms with Crippen molar-refractivity contribution in [3.05, 3.63) is 64.3 Å². The van der Waals surface area contributed by atoms with E-state index >= 15 is 0 Å². The van der Waals surface area contributed by atoms with Crippen molar-refractivity contribution < 1.29 is 4.79 Å². The molecule has 0 spiro atoms. The highest BCUT2D eigenvalue weighted by Crippen LogP contribution is 2.46. The third kappa shape index (κ3) is 3.45. The van der Waals surface area contributed by atoms with E-state index < -0.39 is 0 Å². The molecule has 1 fully saturated rings. The van der Waals surface area contributed by atoms with Crippen LogP contribution in [-0.2, 0) is 12.5 Å². The molecule has 170 valence electrons. The van der Waals surface area contributed by atoms with Crippen molar-refractivity contribution in [1.82, 2.24) is 13.2 Å². The van der Waals surface area contributed by atoms with Gasteiger partial charge in [0.05, 0.1) is 22.7 Å². The molecule has 1 aromatic heterocycles. The first kappa shape index (κ1) is 22.0. The molecular formula is C26H29N5OS. The number of carbonyl (C=O) groups excluding carboxylic acids is 1. The molecule has 33 heavy (non-hydrogen) atoms. The number of piperazine rings is 1. The van der Waals surface area contributed by atoms with Gasteiger partial charge >= 0.3 is 0 Å². The largest absolute Gasteiger partial charge is 0.369 e. The van der Waals surface area contributed by atoms with Gasteiger partial charge in [-0.1, -0.05) is 19.9 Å². The van der Waals surface area contributed by atoms with Crippen LogP contribution in [0.5, 0.6) is 0 Å². The molecule has 0 N–H and O–H groups in total. The lowest BCUT2D eigenvalue weighted by Gasteiger charge is -2.38. The van der Waals surface area contributed by atoms with Crippen LogP contribution in [0.4, 0.5) is 5.69 Å². The molecule has 5 rings (SSSR count). The highest BCUT2D eigenvalue weighted by Gasteiger charge is 2.41. The predicted octanol–water partition coefficient (Wildman–Crippen LogP) is 4.17. The molecule has 3 aromatic rings. The summed E-state index contributed by atoms with van der Waals surface area (Å²) in [6.07, 6.45) is 0. The summed E-state index contributed by atoms with van der Waals surface area (Å²) in [5.41, 5.74) is 6.05. The van der Waals surface area contributed by atoms with Gasteiger partial charge in [0.1, 0.15) is 0 Å². The molecule has 0 amide bonds. The van der Waals surface area contributed by atoms with Crippen LogP contribution in [0, 0.1) is 11.3 Å². The molecule has 2 heterocycles. The Labute approximate surface area is 199 Å². The van der Waals surface area contributed by atoms with Crippen LogP contribution in [-0.4, -0.2) is 59.2 Å². The molecule has 1 saturated heterocycles. The smallest absolute Gasteiger partial charge is 0.195 e. The summed E-state index contributed by atoms with van der Waals surface area (Å²) in [4.78, 5) is 16.1. The maximum absolute atomic E-state index is 13.7. The number of fused-ring (bicyclic) bond motifs is 4. The van der Waals surface area contributed by atoms with E-state index in [1.54, 1.807) is 18.2 Å². The van der Waals surface area contributed by atoms with Gasteiger partial charge in [-0.25, -0.2) is 8.61 Å². The Balaban J connectivity index is 1.55. The summed E-state index contributed by atoms with van der Waals surface area (Å²) < 4.78 is 6.62. The van der Waals surface area contributed by atoms with E-state index in [0.29, 0.717) is 5.56 Å². The van der Waals surface area contributed by atoms with Crippen LogP contribution in [0.1, 0.15) is 46.6 Å². The first-order valence-corrected chi connectivity index (χ1v) is 12.0. The Hall–Kier alpha value is -2.79. The van der Waals surface area contributed by atoms with Gasteiger partial charge in [0, 0.05) is 73.1 Å². The number of nitrogens with zero attached hydrogens (tertiary/aromatic N) is 5. The number of aromatic nitrogens is 1. The van der Waals surface area contributed by atoms with Gasteiger partial charge in [-0.2, -0.15) is 5.26 Å². The highest BCUT2D eigenvalue weighted by atomic mass is 32.2. The van der Waals surface area contributed by atoms with E-state index in [9.17, 15) is 10.1 Å². The lowest BCUT2D eigenvalue weighted by atomic mass is 9.71. The van der Waals surface area contributed by atoms with E-state index in [4.69, 9.17) is 0 Å². The molecule has 2 aliphatic rings. The van der Waals surface area contributed by atoms with Crippen molar-refractivity contribution in [3.8, 4) is 6.07 Å². The van der Waals surface area contributed by atoms with Crippen LogP contribution in [0.3, 0.4) is 0 Å².